The van der Waals surface area contributed by atoms with Crippen molar-refractivity contribution in [3.8, 4) is 5.75 Å². The van der Waals surface area contributed by atoms with Crippen molar-refractivity contribution < 1.29 is 4.74 Å². The van der Waals surface area contributed by atoms with Gasteiger partial charge >= 0.3 is 0 Å². The third-order valence-electron chi connectivity index (χ3n) is 1.55. The lowest BCUT2D eigenvalue weighted by atomic mass is 10.2. The summed E-state index contributed by atoms with van der Waals surface area (Å²) >= 11 is 3.40. The van der Waals surface area contributed by atoms with E-state index in [2.05, 4.69) is 22.5 Å². The molecular weight excluding hydrogens is 228 g/mol. The summed E-state index contributed by atoms with van der Waals surface area (Å²) < 4.78 is 6.64. The number of benzene rings is 1. The van der Waals surface area contributed by atoms with Gasteiger partial charge in [-0.1, -0.05) is 28.6 Å². The molecule has 70 valence electrons. The first kappa shape index (κ1) is 10.3. The predicted octanol–water partition coefficient (Wildman–Crippen LogP) is 3.88. The highest BCUT2D eigenvalue weighted by atomic mass is 79.9. The van der Waals surface area contributed by atoms with Crippen molar-refractivity contribution in [1.82, 2.24) is 0 Å². The molecule has 0 saturated carbocycles. The van der Waals surface area contributed by atoms with Crippen molar-refractivity contribution >= 4 is 22.0 Å². The van der Waals surface area contributed by atoms with Crippen LogP contribution in [0, 0.1) is 0 Å². The summed E-state index contributed by atoms with van der Waals surface area (Å²) in [6.07, 6.45) is 1.99. The Labute approximate surface area is 87.5 Å². The van der Waals surface area contributed by atoms with Crippen molar-refractivity contribution in [3.05, 3.63) is 34.8 Å². The highest BCUT2D eigenvalue weighted by Crippen LogP contribution is 2.24. The monoisotopic (exact) mass is 240 g/mol. The third-order valence-corrected chi connectivity index (χ3v) is 2.05. The van der Waals surface area contributed by atoms with Gasteiger partial charge in [0.15, 0.2) is 0 Å². The Kier molecular flexibility index (Phi) is 3.55. The highest BCUT2D eigenvalue weighted by molar-refractivity contribution is 9.10. The Balaban J connectivity index is 2.99. The fraction of sp³-hybridized carbons (Fsp3) is 0.273. The van der Waals surface area contributed by atoms with E-state index in [1.165, 1.54) is 0 Å². The first-order valence-corrected chi connectivity index (χ1v) is 5.01. The maximum absolute atomic E-state index is 5.60. The molecule has 0 N–H and O–H groups in total. The summed E-state index contributed by atoms with van der Waals surface area (Å²) in [5.74, 6) is 0.883. The van der Waals surface area contributed by atoms with Gasteiger partial charge in [-0.3, -0.25) is 0 Å². The fourth-order valence-electron chi connectivity index (χ4n) is 1.04. The summed E-state index contributed by atoms with van der Waals surface area (Å²) in [6.45, 7) is 7.76. The smallest absolute Gasteiger partial charge is 0.126 e. The molecule has 1 aromatic rings. The molecule has 0 fully saturated rings. The Morgan fingerprint density at radius 1 is 1.46 bits per heavy atom. The molecule has 1 aromatic carbocycles. The zero-order valence-corrected chi connectivity index (χ0v) is 9.47. The molecule has 0 aliphatic carbocycles. The van der Waals surface area contributed by atoms with E-state index >= 15 is 0 Å². The van der Waals surface area contributed by atoms with E-state index in [-0.39, 0.29) is 6.10 Å². The van der Waals surface area contributed by atoms with Crippen LogP contribution in [0.25, 0.3) is 6.08 Å². The zero-order valence-electron chi connectivity index (χ0n) is 7.88. The largest absolute Gasteiger partial charge is 0.490 e. The molecule has 0 aliphatic rings. The molecule has 0 amide bonds. The van der Waals surface area contributed by atoms with Crippen molar-refractivity contribution in [2.24, 2.45) is 0 Å². The molecule has 0 unspecified atom stereocenters. The molecule has 0 saturated heterocycles. The van der Waals surface area contributed by atoms with Gasteiger partial charge in [-0.25, -0.2) is 0 Å². The van der Waals surface area contributed by atoms with Crippen LogP contribution in [0.2, 0.25) is 0 Å². The van der Waals surface area contributed by atoms with Crippen LogP contribution >= 0.6 is 15.9 Å². The number of halogens is 1. The van der Waals surface area contributed by atoms with Crippen molar-refractivity contribution in [2.45, 2.75) is 20.0 Å². The van der Waals surface area contributed by atoms with Crippen molar-refractivity contribution in [2.75, 3.05) is 0 Å². The van der Waals surface area contributed by atoms with Crippen LogP contribution in [0.3, 0.4) is 0 Å². The molecule has 0 spiro atoms. The summed E-state index contributed by atoms with van der Waals surface area (Å²) in [5.41, 5.74) is 1.02. The average Bonchev–Trinajstić information content (AvgIpc) is 2.07. The van der Waals surface area contributed by atoms with Gasteiger partial charge in [-0.2, -0.15) is 0 Å². The first-order chi connectivity index (χ1) is 6.13. The molecule has 0 atom stereocenters. The standard InChI is InChI=1S/C11H13BrO/c1-4-9-7-10(12)5-6-11(9)13-8(2)3/h4-8H,1H2,2-3H3. The average molecular weight is 241 g/mol. The Hall–Kier alpha value is -0.760. The third kappa shape index (κ3) is 2.88. The SMILES string of the molecule is C=Cc1cc(Br)ccc1OC(C)C. The van der Waals surface area contributed by atoms with Crippen LogP contribution < -0.4 is 4.74 Å². The summed E-state index contributed by atoms with van der Waals surface area (Å²) in [4.78, 5) is 0. The lowest BCUT2D eigenvalue weighted by Crippen LogP contribution is -2.06. The lowest BCUT2D eigenvalue weighted by molar-refractivity contribution is 0.242. The van der Waals surface area contributed by atoms with Gasteiger partial charge < -0.3 is 4.74 Å². The molecule has 0 radical (unpaired) electrons. The minimum Gasteiger partial charge on any atom is -0.490 e. The Bertz CT molecular complexity index is 305. The second kappa shape index (κ2) is 4.47. The molecule has 13 heavy (non-hydrogen) atoms. The van der Waals surface area contributed by atoms with E-state index in [1.807, 2.05) is 32.0 Å². The van der Waals surface area contributed by atoms with Gasteiger partial charge in [0.1, 0.15) is 5.75 Å². The molecule has 1 nitrogen and oxygen atoms in total. The normalized spacial score (nSPS) is 10.2. The minimum atomic E-state index is 0.194. The number of ether oxygens (including phenoxy) is 1. The van der Waals surface area contributed by atoms with E-state index in [0.29, 0.717) is 0 Å². The van der Waals surface area contributed by atoms with Crippen molar-refractivity contribution in [3.63, 3.8) is 0 Å². The quantitative estimate of drug-likeness (QED) is 0.780. The van der Waals surface area contributed by atoms with Crippen LogP contribution in [0.5, 0.6) is 5.75 Å². The molecule has 0 bridgehead atoms. The van der Waals surface area contributed by atoms with E-state index in [1.54, 1.807) is 6.08 Å². The zero-order chi connectivity index (χ0) is 9.84. The predicted molar refractivity (Wildman–Crippen MR) is 60.0 cm³/mol. The van der Waals surface area contributed by atoms with Crippen LogP contribution in [-0.2, 0) is 0 Å². The topological polar surface area (TPSA) is 9.23 Å². The van der Waals surface area contributed by atoms with Gasteiger partial charge in [0, 0.05) is 10.0 Å². The van der Waals surface area contributed by atoms with Gasteiger partial charge in [-0.05, 0) is 32.0 Å². The first-order valence-electron chi connectivity index (χ1n) is 4.22. The second-order valence-electron chi connectivity index (χ2n) is 3.05. The van der Waals surface area contributed by atoms with Crippen LogP contribution in [0.1, 0.15) is 19.4 Å². The molecule has 0 aromatic heterocycles. The Morgan fingerprint density at radius 3 is 2.69 bits per heavy atom. The van der Waals surface area contributed by atoms with E-state index in [4.69, 9.17) is 4.74 Å². The summed E-state index contributed by atoms with van der Waals surface area (Å²) in [6, 6.07) is 5.90. The Morgan fingerprint density at radius 2 is 2.15 bits per heavy atom. The van der Waals surface area contributed by atoms with Crippen LogP contribution in [-0.4, -0.2) is 6.10 Å². The molecule has 0 heterocycles. The van der Waals surface area contributed by atoms with Gasteiger partial charge in [0.2, 0.25) is 0 Å². The maximum Gasteiger partial charge on any atom is 0.126 e. The minimum absolute atomic E-state index is 0.194. The molecular formula is C11H13BrO. The number of rotatable bonds is 3. The van der Waals surface area contributed by atoms with Crippen LogP contribution in [0.4, 0.5) is 0 Å². The van der Waals surface area contributed by atoms with E-state index in [0.717, 1.165) is 15.8 Å². The molecule has 1 rings (SSSR count). The van der Waals surface area contributed by atoms with Crippen molar-refractivity contribution in [1.29, 1.82) is 0 Å². The van der Waals surface area contributed by atoms with Gasteiger partial charge in [0.05, 0.1) is 6.10 Å². The van der Waals surface area contributed by atoms with Gasteiger partial charge in [0.25, 0.3) is 0 Å². The molecule has 0 aliphatic heterocycles. The maximum atomic E-state index is 5.60. The fourth-order valence-corrected chi connectivity index (χ4v) is 1.42. The summed E-state index contributed by atoms with van der Waals surface area (Å²) in [5, 5.41) is 0. The van der Waals surface area contributed by atoms with E-state index < -0.39 is 0 Å². The second-order valence-corrected chi connectivity index (χ2v) is 3.97. The lowest BCUT2D eigenvalue weighted by Gasteiger charge is -2.12. The van der Waals surface area contributed by atoms with E-state index in [9.17, 15) is 0 Å². The highest BCUT2D eigenvalue weighted by Gasteiger charge is 2.02. The van der Waals surface area contributed by atoms with Crippen LogP contribution in [0.15, 0.2) is 29.3 Å². The number of hydrogen-bond donors (Lipinski definition) is 0. The molecule has 2 heteroatoms. The number of hydrogen-bond acceptors (Lipinski definition) is 1. The summed E-state index contributed by atoms with van der Waals surface area (Å²) in [7, 11) is 0. The van der Waals surface area contributed by atoms with Gasteiger partial charge in [-0.15, -0.1) is 0 Å².